The summed E-state index contributed by atoms with van der Waals surface area (Å²) in [7, 11) is 2.90. The van der Waals surface area contributed by atoms with E-state index in [1.165, 1.54) is 19.1 Å². The molecule has 3 aliphatic rings. The molecule has 210 valence electrons. The lowest BCUT2D eigenvalue weighted by Gasteiger charge is -2.41. The molecule has 0 saturated carbocycles. The van der Waals surface area contributed by atoms with E-state index in [9.17, 15) is 24.9 Å². The average Bonchev–Trinajstić information content (AvgIpc) is 3.33. The van der Waals surface area contributed by atoms with Crippen LogP contribution in [0.5, 0.6) is 11.5 Å². The van der Waals surface area contributed by atoms with Gasteiger partial charge in [-0.15, -0.1) is 0 Å². The quantitative estimate of drug-likeness (QED) is 0.267. The lowest BCUT2D eigenvalue weighted by Crippen LogP contribution is -2.57. The molecule has 0 spiro atoms. The van der Waals surface area contributed by atoms with Crippen molar-refractivity contribution < 1.29 is 43.9 Å². The molecule has 2 amide bonds. The van der Waals surface area contributed by atoms with Crippen LogP contribution in [0.4, 0.5) is 0 Å². The molecule has 0 unspecified atom stereocenters. The molecule has 4 N–H and O–H groups in total. The van der Waals surface area contributed by atoms with Crippen molar-refractivity contribution >= 4 is 11.8 Å². The van der Waals surface area contributed by atoms with Gasteiger partial charge in [-0.1, -0.05) is 0 Å². The first-order valence-electron chi connectivity index (χ1n) is 12.8. The maximum absolute atomic E-state index is 13.3. The molecule has 1 fully saturated rings. The van der Waals surface area contributed by atoms with Gasteiger partial charge >= 0.3 is 0 Å². The fraction of sp³-hybridized carbons (Fsp3) is 0.615. The summed E-state index contributed by atoms with van der Waals surface area (Å²) in [6, 6.07) is 2.51. The van der Waals surface area contributed by atoms with E-state index in [0.717, 1.165) is 13.1 Å². The van der Waals surface area contributed by atoms with Crippen molar-refractivity contribution in [3.63, 3.8) is 0 Å². The highest BCUT2D eigenvalue weighted by atomic mass is 16.5. The SMILES string of the molecule is COCC(=O)N(CCN1CCOCC1)[C@@H]1C=C(C(=O)NCCO)[C@@H]2c3cc(CO)cc(OC)c3O[C@@H]2[C@H]1O. The van der Waals surface area contributed by atoms with Gasteiger partial charge in [-0.3, -0.25) is 14.5 Å². The molecule has 2 heterocycles. The first-order valence-corrected chi connectivity index (χ1v) is 12.8. The van der Waals surface area contributed by atoms with E-state index in [4.69, 9.17) is 18.9 Å². The number of fused-ring (bicyclic) bond motifs is 3. The fourth-order valence-electron chi connectivity index (χ4n) is 5.34. The molecular formula is C26H37N3O9. The van der Waals surface area contributed by atoms with E-state index >= 15 is 0 Å². The van der Waals surface area contributed by atoms with Crippen LogP contribution in [0, 0.1) is 0 Å². The Bertz CT molecular complexity index is 1030. The largest absolute Gasteiger partial charge is 0.493 e. The van der Waals surface area contributed by atoms with Gasteiger partial charge in [0.25, 0.3) is 0 Å². The van der Waals surface area contributed by atoms with Crippen LogP contribution >= 0.6 is 0 Å². The second-order valence-corrected chi connectivity index (χ2v) is 9.49. The number of hydrogen-bond donors (Lipinski definition) is 4. The highest BCUT2D eigenvalue weighted by molar-refractivity contribution is 5.96. The number of rotatable bonds is 11. The zero-order chi connectivity index (χ0) is 27.2. The molecule has 0 bridgehead atoms. The van der Waals surface area contributed by atoms with Crippen molar-refractivity contribution in [1.82, 2.24) is 15.1 Å². The monoisotopic (exact) mass is 535 g/mol. The lowest BCUT2D eigenvalue weighted by molar-refractivity contribution is -0.141. The molecule has 1 aromatic carbocycles. The highest BCUT2D eigenvalue weighted by Crippen LogP contribution is 2.51. The summed E-state index contributed by atoms with van der Waals surface area (Å²) in [5.41, 5.74) is 1.47. The Kier molecular flexibility index (Phi) is 9.58. The summed E-state index contributed by atoms with van der Waals surface area (Å²) in [4.78, 5) is 30.2. The van der Waals surface area contributed by atoms with Crippen molar-refractivity contribution in [1.29, 1.82) is 0 Å². The molecule has 0 radical (unpaired) electrons. The molecule has 1 aromatic rings. The second kappa shape index (κ2) is 12.9. The predicted molar refractivity (Wildman–Crippen MR) is 135 cm³/mol. The summed E-state index contributed by atoms with van der Waals surface area (Å²) in [5, 5.41) is 33.4. The number of nitrogens with one attached hydrogen (secondary N) is 1. The Morgan fingerprint density at radius 1 is 1.21 bits per heavy atom. The van der Waals surface area contributed by atoms with Crippen LogP contribution < -0.4 is 14.8 Å². The summed E-state index contributed by atoms with van der Waals surface area (Å²) < 4.78 is 22.2. The van der Waals surface area contributed by atoms with Crippen molar-refractivity contribution in [3.8, 4) is 11.5 Å². The second-order valence-electron chi connectivity index (χ2n) is 9.49. The van der Waals surface area contributed by atoms with Crippen LogP contribution in [0.1, 0.15) is 17.0 Å². The molecule has 2 aliphatic heterocycles. The molecule has 0 aromatic heterocycles. The average molecular weight is 536 g/mol. The lowest BCUT2D eigenvalue weighted by atomic mass is 9.77. The van der Waals surface area contributed by atoms with Crippen LogP contribution in [0.15, 0.2) is 23.8 Å². The molecule has 4 atom stereocenters. The Hall–Kier alpha value is -2.74. The van der Waals surface area contributed by atoms with Gasteiger partial charge < -0.3 is 44.5 Å². The summed E-state index contributed by atoms with van der Waals surface area (Å²) in [6.07, 6.45) is -0.448. The summed E-state index contributed by atoms with van der Waals surface area (Å²) >= 11 is 0. The van der Waals surface area contributed by atoms with Crippen LogP contribution in [-0.2, 0) is 25.7 Å². The highest BCUT2D eigenvalue weighted by Gasteiger charge is 2.51. The number of carbonyl (C=O) groups excluding carboxylic acids is 2. The van der Waals surface area contributed by atoms with E-state index < -0.39 is 30.1 Å². The van der Waals surface area contributed by atoms with Gasteiger partial charge in [-0.2, -0.15) is 0 Å². The number of morpholine rings is 1. The topological polar surface area (TPSA) is 150 Å². The van der Waals surface area contributed by atoms with Crippen molar-refractivity contribution in [2.45, 2.75) is 30.8 Å². The smallest absolute Gasteiger partial charge is 0.249 e. The number of methoxy groups -OCH3 is 2. The van der Waals surface area contributed by atoms with Crippen LogP contribution in [0.2, 0.25) is 0 Å². The molecule has 4 rings (SSSR count). The van der Waals surface area contributed by atoms with E-state index in [2.05, 4.69) is 10.2 Å². The standard InChI is InChI=1S/C26H37N3O9/c1-35-15-21(32)29(5-4-28-6-9-37-10-7-28)19-13-18(26(34)27-3-8-30)22-17-11-16(14-31)12-20(36-2)24(17)38-25(22)23(19)33/h11-13,19,22-23,25,30-31,33H,3-10,14-15H2,1-2H3,(H,27,34)/t19-,22+,23+,25+/m1/s1. The number of ether oxygens (including phenoxy) is 4. The zero-order valence-electron chi connectivity index (χ0n) is 21.8. The Morgan fingerprint density at radius 2 is 1.97 bits per heavy atom. The Morgan fingerprint density at radius 3 is 2.63 bits per heavy atom. The number of aliphatic hydroxyl groups is 3. The van der Waals surface area contributed by atoms with Crippen LogP contribution in [0.25, 0.3) is 0 Å². The van der Waals surface area contributed by atoms with E-state index in [-0.39, 0.29) is 32.3 Å². The third kappa shape index (κ3) is 5.80. The van der Waals surface area contributed by atoms with Crippen molar-refractivity contribution in [3.05, 3.63) is 34.9 Å². The molecule has 1 saturated heterocycles. The number of benzene rings is 1. The van der Waals surface area contributed by atoms with Crippen molar-refractivity contribution in [2.24, 2.45) is 0 Å². The summed E-state index contributed by atoms with van der Waals surface area (Å²) in [6.45, 7) is 2.92. The Balaban J connectivity index is 1.72. The maximum atomic E-state index is 13.3. The predicted octanol–water partition coefficient (Wildman–Crippen LogP) is -1.38. The Labute approximate surface area is 221 Å². The van der Waals surface area contributed by atoms with Gasteiger partial charge in [0, 0.05) is 51.0 Å². The fourth-order valence-corrected chi connectivity index (χ4v) is 5.34. The summed E-state index contributed by atoms with van der Waals surface area (Å²) in [5.74, 6) is -0.690. The van der Waals surface area contributed by atoms with Gasteiger partial charge in [0.05, 0.1) is 45.5 Å². The molecule has 12 nitrogen and oxygen atoms in total. The van der Waals surface area contributed by atoms with Crippen LogP contribution in [-0.4, -0.2) is 129 Å². The van der Waals surface area contributed by atoms with Crippen LogP contribution in [0.3, 0.4) is 0 Å². The van der Waals surface area contributed by atoms with Crippen molar-refractivity contribution in [2.75, 3.05) is 73.4 Å². The van der Waals surface area contributed by atoms with Gasteiger partial charge in [0.2, 0.25) is 11.8 Å². The third-order valence-corrected chi connectivity index (χ3v) is 7.20. The molecule has 12 heteroatoms. The van der Waals surface area contributed by atoms with Gasteiger partial charge in [0.15, 0.2) is 11.5 Å². The van der Waals surface area contributed by atoms with E-state index in [1.54, 1.807) is 18.2 Å². The van der Waals surface area contributed by atoms with Gasteiger partial charge in [-0.05, 0) is 23.8 Å². The van der Waals surface area contributed by atoms with Gasteiger partial charge in [0.1, 0.15) is 18.8 Å². The minimum atomic E-state index is -1.17. The molecular weight excluding hydrogens is 498 g/mol. The zero-order valence-corrected chi connectivity index (χ0v) is 21.8. The maximum Gasteiger partial charge on any atom is 0.249 e. The minimum Gasteiger partial charge on any atom is -0.493 e. The first kappa shape index (κ1) is 28.3. The van der Waals surface area contributed by atoms with Gasteiger partial charge in [-0.25, -0.2) is 0 Å². The number of nitrogens with zero attached hydrogens (tertiary/aromatic N) is 2. The normalized spacial score (nSPS) is 24.6. The van der Waals surface area contributed by atoms with E-state index in [0.29, 0.717) is 54.5 Å². The minimum absolute atomic E-state index is 0.0395. The third-order valence-electron chi connectivity index (χ3n) is 7.20. The molecule has 1 aliphatic carbocycles. The number of aliphatic hydroxyl groups excluding tert-OH is 3. The number of hydrogen-bond acceptors (Lipinski definition) is 10. The molecule has 38 heavy (non-hydrogen) atoms. The first-order chi connectivity index (χ1) is 18.4. The number of amides is 2. The number of carbonyl (C=O) groups is 2. The van der Waals surface area contributed by atoms with E-state index in [1.807, 2.05) is 0 Å².